The molecule has 33 heavy (non-hydrogen) atoms. The van der Waals surface area contributed by atoms with E-state index in [0.29, 0.717) is 72.7 Å². The van der Waals surface area contributed by atoms with Crippen molar-refractivity contribution in [1.82, 2.24) is 4.90 Å². The average molecular weight is 472 g/mol. The van der Waals surface area contributed by atoms with Crippen LogP contribution in [0.1, 0.15) is 28.8 Å². The first-order chi connectivity index (χ1) is 16.0. The van der Waals surface area contributed by atoms with E-state index in [0.717, 1.165) is 5.56 Å². The lowest BCUT2D eigenvalue weighted by atomic mass is 9.88. The summed E-state index contributed by atoms with van der Waals surface area (Å²) in [5.74, 6) is 2.08. The summed E-state index contributed by atoms with van der Waals surface area (Å²) in [4.78, 5) is 27.4. The summed E-state index contributed by atoms with van der Waals surface area (Å²) in [6, 6.07) is 8.79. The fourth-order valence-electron chi connectivity index (χ4n) is 4.10. The fraction of sp³-hybridized carbons (Fsp3) is 0.360. The highest BCUT2D eigenvalue weighted by Crippen LogP contribution is 2.36. The monoisotopic (exact) mass is 471 g/mol. The molecule has 0 unspecified atom stereocenters. The third kappa shape index (κ3) is 5.09. The molecule has 1 fully saturated rings. The molecule has 0 aromatic heterocycles. The zero-order valence-corrected chi connectivity index (χ0v) is 19.4. The van der Waals surface area contributed by atoms with Crippen molar-refractivity contribution >= 4 is 29.4 Å². The molecule has 174 valence electrons. The molecule has 2 aromatic carbocycles. The summed E-state index contributed by atoms with van der Waals surface area (Å²) in [7, 11) is 3.05. The number of rotatable bonds is 6. The number of fused-ring (bicyclic) bond motifs is 1. The molecule has 0 saturated carbocycles. The van der Waals surface area contributed by atoms with Gasteiger partial charge in [0.2, 0.25) is 5.91 Å². The van der Waals surface area contributed by atoms with E-state index in [4.69, 9.17) is 30.5 Å². The normalized spacial score (nSPS) is 16.0. The summed E-state index contributed by atoms with van der Waals surface area (Å²) in [5.41, 5.74) is 1.35. The Morgan fingerprint density at radius 2 is 1.76 bits per heavy atom. The van der Waals surface area contributed by atoms with Crippen LogP contribution in [0, 0.1) is 5.92 Å². The summed E-state index contributed by atoms with van der Waals surface area (Å²) in [5, 5.41) is 0.405. The van der Waals surface area contributed by atoms with Gasteiger partial charge in [0.25, 0.3) is 0 Å². The van der Waals surface area contributed by atoms with Gasteiger partial charge in [0.05, 0.1) is 19.2 Å². The number of carbonyl (C=O) groups excluding carboxylic acids is 2. The lowest BCUT2D eigenvalue weighted by Crippen LogP contribution is -2.39. The minimum Gasteiger partial charge on any atom is -0.493 e. The highest BCUT2D eigenvalue weighted by atomic mass is 35.5. The van der Waals surface area contributed by atoms with E-state index in [2.05, 4.69) is 0 Å². The zero-order valence-electron chi connectivity index (χ0n) is 18.6. The first-order valence-corrected chi connectivity index (χ1v) is 11.2. The molecule has 1 saturated heterocycles. The molecule has 0 atom stereocenters. The maximum Gasteiger partial charge on any atom is 0.246 e. The van der Waals surface area contributed by atoms with Crippen LogP contribution in [0.3, 0.4) is 0 Å². The molecule has 0 radical (unpaired) electrons. The molecule has 1 amide bonds. The molecule has 2 heterocycles. The molecule has 0 N–H and O–H groups in total. The smallest absolute Gasteiger partial charge is 0.246 e. The fourth-order valence-corrected chi connectivity index (χ4v) is 4.40. The molecule has 0 aliphatic carbocycles. The molecule has 2 aliphatic rings. The Kier molecular flexibility index (Phi) is 7.08. The Hall–Kier alpha value is -3.19. The van der Waals surface area contributed by atoms with Gasteiger partial charge in [-0.25, -0.2) is 0 Å². The second-order valence-corrected chi connectivity index (χ2v) is 8.30. The summed E-state index contributed by atoms with van der Waals surface area (Å²) >= 11 is 6.23. The van der Waals surface area contributed by atoms with E-state index in [9.17, 15) is 9.59 Å². The van der Waals surface area contributed by atoms with Crippen molar-refractivity contribution in [2.45, 2.75) is 12.8 Å². The number of hydrogen-bond donors (Lipinski definition) is 0. The Morgan fingerprint density at radius 1 is 1.03 bits per heavy atom. The topological polar surface area (TPSA) is 74.3 Å². The maximum atomic E-state index is 13.0. The first-order valence-electron chi connectivity index (χ1n) is 10.8. The van der Waals surface area contributed by atoms with Gasteiger partial charge in [-0.15, -0.1) is 0 Å². The predicted molar refractivity (Wildman–Crippen MR) is 125 cm³/mol. The SMILES string of the molecule is COc1cc(C=CC(=O)N2CCC(C(=O)c3ccc4c(c3)OCCO4)CC2)cc(Cl)c1OC. The number of ketones is 1. The van der Waals surface area contributed by atoms with Gasteiger partial charge in [0.1, 0.15) is 13.2 Å². The third-order valence-electron chi connectivity index (χ3n) is 5.88. The van der Waals surface area contributed by atoms with Gasteiger partial charge in [0, 0.05) is 30.6 Å². The van der Waals surface area contributed by atoms with Crippen LogP contribution in [-0.2, 0) is 4.79 Å². The van der Waals surface area contributed by atoms with Crippen molar-refractivity contribution in [2.75, 3.05) is 40.5 Å². The first kappa shape index (κ1) is 23.0. The van der Waals surface area contributed by atoms with E-state index in [1.54, 1.807) is 41.3 Å². The van der Waals surface area contributed by atoms with E-state index < -0.39 is 0 Å². The van der Waals surface area contributed by atoms with Crippen LogP contribution in [0.15, 0.2) is 36.4 Å². The summed E-state index contributed by atoms with van der Waals surface area (Å²) < 4.78 is 21.6. The Labute approximate surface area is 197 Å². The molecular formula is C25H26ClNO6. The lowest BCUT2D eigenvalue weighted by Gasteiger charge is -2.30. The summed E-state index contributed by atoms with van der Waals surface area (Å²) in [6.07, 6.45) is 4.45. The van der Waals surface area contributed by atoms with E-state index in [1.807, 2.05) is 0 Å². The minimum absolute atomic E-state index is 0.0783. The largest absolute Gasteiger partial charge is 0.493 e. The van der Waals surface area contributed by atoms with Crippen LogP contribution in [0.2, 0.25) is 5.02 Å². The van der Waals surface area contributed by atoms with Crippen LogP contribution in [-0.4, -0.2) is 57.1 Å². The number of ether oxygens (including phenoxy) is 4. The van der Waals surface area contributed by atoms with Crippen molar-refractivity contribution in [3.05, 3.63) is 52.6 Å². The van der Waals surface area contributed by atoms with Crippen LogP contribution >= 0.6 is 11.6 Å². The molecule has 4 rings (SSSR count). The van der Waals surface area contributed by atoms with E-state index >= 15 is 0 Å². The molecule has 8 heteroatoms. The number of methoxy groups -OCH3 is 2. The standard InChI is InChI=1S/C25H26ClNO6/c1-30-22-14-16(13-19(26)25(22)31-2)3-6-23(28)27-9-7-17(8-10-27)24(29)18-4-5-20-21(15-18)33-12-11-32-20/h3-6,13-15,17H,7-12H2,1-2H3. The van der Waals surface area contributed by atoms with Gasteiger partial charge in [0.15, 0.2) is 28.8 Å². The van der Waals surface area contributed by atoms with Crippen LogP contribution in [0.5, 0.6) is 23.0 Å². The van der Waals surface area contributed by atoms with Gasteiger partial charge < -0.3 is 23.8 Å². The highest BCUT2D eigenvalue weighted by Gasteiger charge is 2.28. The number of hydrogen-bond acceptors (Lipinski definition) is 6. The van der Waals surface area contributed by atoms with Crippen molar-refractivity contribution in [3.63, 3.8) is 0 Å². The number of benzene rings is 2. The van der Waals surface area contributed by atoms with E-state index in [-0.39, 0.29) is 17.6 Å². The number of amides is 1. The molecule has 0 bridgehead atoms. The Bertz CT molecular complexity index is 1070. The van der Waals surface area contributed by atoms with Gasteiger partial charge in [-0.2, -0.15) is 0 Å². The average Bonchev–Trinajstić information content (AvgIpc) is 2.86. The number of likely N-dealkylation sites (tertiary alicyclic amines) is 1. The summed E-state index contributed by atoms with van der Waals surface area (Å²) in [6.45, 7) is 2.04. The van der Waals surface area contributed by atoms with Gasteiger partial charge in [-0.1, -0.05) is 11.6 Å². The molecule has 7 nitrogen and oxygen atoms in total. The Balaban J connectivity index is 1.35. The predicted octanol–water partition coefficient (Wildman–Crippen LogP) is 4.26. The quantitative estimate of drug-likeness (QED) is 0.463. The molecular weight excluding hydrogens is 446 g/mol. The third-order valence-corrected chi connectivity index (χ3v) is 6.16. The highest BCUT2D eigenvalue weighted by molar-refractivity contribution is 6.32. The van der Waals surface area contributed by atoms with Crippen molar-refractivity contribution < 1.29 is 28.5 Å². The van der Waals surface area contributed by atoms with Crippen molar-refractivity contribution in [3.8, 4) is 23.0 Å². The van der Waals surface area contributed by atoms with E-state index in [1.165, 1.54) is 20.3 Å². The van der Waals surface area contributed by atoms with Crippen LogP contribution < -0.4 is 18.9 Å². The van der Waals surface area contributed by atoms with Crippen molar-refractivity contribution in [1.29, 1.82) is 0 Å². The maximum absolute atomic E-state index is 13.0. The number of carbonyl (C=O) groups is 2. The van der Waals surface area contributed by atoms with Gasteiger partial charge in [-0.05, 0) is 54.8 Å². The number of Topliss-reactive ketones (excluding diaryl/α,β-unsaturated/α-hetero) is 1. The molecule has 2 aromatic rings. The number of piperidine rings is 1. The number of halogens is 1. The van der Waals surface area contributed by atoms with Crippen LogP contribution in [0.4, 0.5) is 0 Å². The zero-order chi connectivity index (χ0) is 23.4. The Morgan fingerprint density at radius 3 is 2.45 bits per heavy atom. The molecule has 2 aliphatic heterocycles. The minimum atomic E-state index is -0.120. The second-order valence-electron chi connectivity index (χ2n) is 7.89. The molecule has 0 spiro atoms. The van der Waals surface area contributed by atoms with Crippen LogP contribution in [0.25, 0.3) is 6.08 Å². The second kappa shape index (κ2) is 10.2. The number of nitrogens with zero attached hydrogens (tertiary/aromatic N) is 1. The van der Waals surface area contributed by atoms with Crippen molar-refractivity contribution in [2.24, 2.45) is 5.92 Å². The lowest BCUT2D eigenvalue weighted by molar-refractivity contribution is -0.127. The van der Waals surface area contributed by atoms with Gasteiger partial charge in [-0.3, -0.25) is 9.59 Å². The van der Waals surface area contributed by atoms with Gasteiger partial charge >= 0.3 is 0 Å².